The number of carbonyl (C=O) groups excluding carboxylic acids is 1. The number of hydrogen-bond acceptors (Lipinski definition) is 5. The summed E-state index contributed by atoms with van der Waals surface area (Å²) in [6.45, 7) is 4.63. The molecule has 0 aromatic carbocycles. The topological polar surface area (TPSA) is 66.6 Å². The van der Waals surface area contributed by atoms with Crippen molar-refractivity contribution in [2.24, 2.45) is 5.92 Å². The number of aryl methyl sites for hydroxylation is 1. The Morgan fingerprint density at radius 1 is 1.24 bits per heavy atom. The molecule has 0 spiro atoms. The molecule has 0 radical (unpaired) electrons. The monoisotopic (exact) mass is 346 g/mol. The van der Waals surface area contributed by atoms with Gasteiger partial charge in [0.15, 0.2) is 11.5 Å². The molecule has 0 N–H and O–H groups in total. The summed E-state index contributed by atoms with van der Waals surface area (Å²) < 4.78 is 14.6. The van der Waals surface area contributed by atoms with E-state index in [4.69, 9.17) is 0 Å². The number of fused-ring (bicyclic) bond motifs is 1. The number of halogens is 1. The zero-order valence-corrected chi connectivity index (χ0v) is 14.4. The minimum Gasteiger partial charge on any atom is -0.339 e. The SMILES string of the molecule is Cc1ccc2nnc(CN3CCC(N4CC(CF)CC4=O)CC3)n2n1. The third-order valence-electron chi connectivity index (χ3n) is 5.28. The van der Waals surface area contributed by atoms with Crippen molar-refractivity contribution in [1.29, 1.82) is 0 Å². The zero-order chi connectivity index (χ0) is 17.4. The van der Waals surface area contributed by atoms with Gasteiger partial charge in [0, 0.05) is 38.0 Å². The predicted octanol–water partition coefficient (Wildman–Crippen LogP) is 1.22. The van der Waals surface area contributed by atoms with E-state index in [1.54, 1.807) is 4.52 Å². The number of likely N-dealkylation sites (tertiary alicyclic amines) is 2. The fourth-order valence-corrected chi connectivity index (χ4v) is 3.88. The first-order valence-electron chi connectivity index (χ1n) is 8.90. The van der Waals surface area contributed by atoms with E-state index in [0.717, 1.165) is 43.1 Å². The van der Waals surface area contributed by atoms with Gasteiger partial charge in [0.25, 0.3) is 0 Å². The van der Waals surface area contributed by atoms with Crippen molar-refractivity contribution in [2.45, 2.75) is 38.8 Å². The van der Waals surface area contributed by atoms with Gasteiger partial charge in [-0.3, -0.25) is 14.1 Å². The first-order valence-corrected chi connectivity index (χ1v) is 8.90. The molecular weight excluding hydrogens is 323 g/mol. The molecular formula is C17H23FN6O. The number of rotatable bonds is 4. The van der Waals surface area contributed by atoms with E-state index < -0.39 is 6.67 Å². The summed E-state index contributed by atoms with van der Waals surface area (Å²) in [5, 5.41) is 12.9. The van der Waals surface area contributed by atoms with E-state index >= 15 is 0 Å². The van der Waals surface area contributed by atoms with E-state index in [9.17, 15) is 9.18 Å². The summed E-state index contributed by atoms with van der Waals surface area (Å²) in [5.74, 6) is 0.846. The van der Waals surface area contributed by atoms with Crippen molar-refractivity contribution in [2.75, 3.05) is 26.3 Å². The molecule has 0 saturated carbocycles. The molecule has 25 heavy (non-hydrogen) atoms. The van der Waals surface area contributed by atoms with Crippen LogP contribution in [0.5, 0.6) is 0 Å². The lowest BCUT2D eigenvalue weighted by atomic mass is 10.0. The van der Waals surface area contributed by atoms with Crippen LogP contribution in [0.3, 0.4) is 0 Å². The molecule has 2 saturated heterocycles. The van der Waals surface area contributed by atoms with Crippen LogP contribution in [0.25, 0.3) is 5.65 Å². The Morgan fingerprint density at radius 2 is 2.04 bits per heavy atom. The third-order valence-corrected chi connectivity index (χ3v) is 5.28. The van der Waals surface area contributed by atoms with Gasteiger partial charge in [-0.2, -0.15) is 9.61 Å². The van der Waals surface area contributed by atoms with Gasteiger partial charge in [-0.05, 0) is 31.9 Å². The molecule has 1 unspecified atom stereocenters. The number of nitrogens with zero attached hydrogens (tertiary/aromatic N) is 6. The number of carbonyl (C=O) groups is 1. The Hall–Kier alpha value is -2.09. The maximum Gasteiger partial charge on any atom is 0.223 e. The highest BCUT2D eigenvalue weighted by Gasteiger charge is 2.35. The highest BCUT2D eigenvalue weighted by Crippen LogP contribution is 2.26. The van der Waals surface area contributed by atoms with Crippen LogP contribution in [-0.4, -0.2) is 67.9 Å². The largest absolute Gasteiger partial charge is 0.339 e. The second-order valence-corrected chi connectivity index (χ2v) is 7.14. The first kappa shape index (κ1) is 16.4. The second kappa shape index (κ2) is 6.67. The lowest BCUT2D eigenvalue weighted by Gasteiger charge is -2.36. The predicted molar refractivity (Wildman–Crippen MR) is 89.6 cm³/mol. The van der Waals surface area contributed by atoms with Crippen LogP contribution in [0.15, 0.2) is 12.1 Å². The summed E-state index contributed by atoms with van der Waals surface area (Å²) >= 11 is 0. The third kappa shape index (κ3) is 3.22. The van der Waals surface area contributed by atoms with Crippen molar-refractivity contribution in [3.63, 3.8) is 0 Å². The molecule has 2 aliphatic rings. The standard InChI is InChI=1S/C17H23FN6O/c1-12-2-3-15-19-20-16(24(15)21-12)11-22-6-4-14(5-7-22)23-10-13(9-18)8-17(23)25/h2-3,13-14H,4-11H2,1H3. The van der Waals surface area contributed by atoms with Gasteiger partial charge in [0.1, 0.15) is 0 Å². The van der Waals surface area contributed by atoms with E-state index in [1.807, 2.05) is 24.0 Å². The van der Waals surface area contributed by atoms with Gasteiger partial charge < -0.3 is 4.90 Å². The highest BCUT2D eigenvalue weighted by molar-refractivity contribution is 5.79. The Bertz CT molecular complexity index is 770. The number of piperidine rings is 1. The fraction of sp³-hybridized carbons (Fsp3) is 0.647. The van der Waals surface area contributed by atoms with Gasteiger partial charge in [-0.25, -0.2) is 0 Å². The minimum absolute atomic E-state index is 0.109. The van der Waals surface area contributed by atoms with Crippen LogP contribution in [0.2, 0.25) is 0 Å². The van der Waals surface area contributed by atoms with Crippen LogP contribution in [0.1, 0.15) is 30.8 Å². The van der Waals surface area contributed by atoms with Crippen molar-refractivity contribution >= 4 is 11.6 Å². The smallest absolute Gasteiger partial charge is 0.223 e. The first-order chi connectivity index (χ1) is 12.1. The lowest BCUT2D eigenvalue weighted by Crippen LogP contribution is -2.45. The fourth-order valence-electron chi connectivity index (χ4n) is 3.88. The van der Waals surface area contributed by atoms with E-state index in [0.29, 0.717) is 19.5 Å². The van der Waals surface area contributed by atoms with Crippen molar-refractivity contribution in [3.8, 4) is 0 Å². The molecule has 2 fully saturated rings. The van der Waals surface area contributed by atoms with E-state index in [2.05, 4.69) is 20.2 Å². The van der Waals surface area contributed by atoms with E-state index in [1.165, 1.54) is 0 Å². The summed E-state index contributed by atoms with van der Waals surface area (Å²) in [7, 11) is 0. The summed E-state index contributed by atoms with van der Waals surface area (Å²) in [4.78, 5) is 16.3. The molecule has 0 bridgehead atoms. The van der Waals surface area contributed by atoms with Crippen LogP contribution in [0, 0.1) is 12.8 Å². The Balaban J connectivity index is 1.37. The van der Waals surface area contributed by atoms with Gasteiger partial charge in [0.2, 0.25) is 5.91 Å². The molecule has 2 aromatic heterocycles. The number of aromatic nitrogens is 4. The van der Waals surface area contributed by atoms with Gasteiger partial charge in [-0.1, -0.05) is 0 Å². The molecule has 134 valence electrons. The molecule has 1 atom stereocenters. The molecule has 7 nitrogen and oxygen atoms in total. The quantitative estimate of drug-likeness (QED) is 0.833. The highest BCUT2D eigenvalue weighted by atomic mass is 19.1. The normalized spacial score (nSPS) is 23.0. The minimum atomic E-state index is -0.395. The summed E-state index contributed by atoms with van der Waals surface area (Å²) in [6.07, 6.45) is 2.22. The molecule has 8 heteroatoms. The number of alkyl halides is 1. The van der Waals surface area contributed by atoms with Gasteiger partial charge >= 0.3 is 0 Å². The van der Waals surface area contributed by atoms with Crippen LogP contribution < -0.4 is 0 Å². The maximum atomic E-state index is 12.8. The molecule has 4 heterocycles. The Kier molecular flexibility index (Phi) is 4.37. The average Bonchev–Trinajstić information content (AvgIpc) is 3.19. The molecule has 2 aromatic rings. The number of hydrogen-bond donors (Lipinski definition) is 0. The Morgan fingerprint density at radius 3 is 2.76 bits per heavy atom. The second-order valence-electron chi connectivity index (χ2n) is 7.14. The van der Waals surface area contributed by atoms with Gasteiger partial charge in [0.05, 0.1) is 18.9 Å². The number of amides is 1. The maximum absolute atomic E-state index is 12.8. The zero-order valence-electron chi connectivity index (χ0n) is 14.4. The van der Waals surface area contributed by atoms with Crippen molar-refractivity contribution < 1.29 is 9.18 Å². The van der Waals surface area contributed by atoms with Gasteiger partial charge in [-0.15, -0.1) is 10.2 Å². The molecule has 4 rings (SSSR count). The van der Waals surface area contributed by atoms with Crippen LogP contribution in [0.4, 0.5) is 4.39 Å². The lowest BCUT2D eigenvalue weighted by molar-refractivity contribution is -0.130. The van der Waals surface area contributed by atoms with E-state index in [-0.39, 0.29) is 17.9 Å². The Labute approximate surface area is 145 Å². The summed E-state index contributed by atoms with van der Waals surface area (Å²) in [5.41, 5.74) is 1.69. The van der Waals surface area contributed by atoms with Crippen LogP contribution >= 0.6 is 0 Å². The molecule has 1 amide bonds. The molecule has 2 aliphatic heterocycles. The van der Waals surface area contributed by atoms with Crippen molar-refractivity contribution in [1.82, 2.24) is 29.6 Å². The molecule has 0 aliphatic carbocycles. The summed E-state index contributed by atoms with van der Waals surface area (Å²) in [6, 6.07) is 4.10. The average molecular weight is 346 g/mol. The van der Waals surface area contributed by atoms with Crippen LogP contribution in [-0.2, 0) is 11.3 Å². The van der Waals surface area contributed by atoms with Crippen molar-refractivity contribution in [3.05, 3.63) is 23.7 Å².